The number of carbonyl (C=O) groups is 1. The van der Waals surface area contributed by atoms with Gasteiger partial charge in [-0.1, -0.05) is 43.1 Å². The van der Waals surface area contributed by atoms with Gasteiger partial charge in [-0.15, -0.1) is 0 Å². The standard InChI is InChI=1S/C17H21Cl2NO3S/c1-12(2)10-20(13-8-9-24(22,23)11-13)17(21)7-6-14-15(18)4-3-5-16(14)19/h3-7,12-13H,8-11H2,1-2H3. The van der Waals surface area contributed by atoms with Crippen LogP contribution in [-0.2, 0) is 14.6 Å². The molecule has 1 atom stereocenters. The lowest BCUT2D eigenvalue weighted by molar-refractivity contribution is -0.128. The van der Waals surface area contributed by atoms with Crippen molar-refractivity contribution in [2.45, 2.75) is 26.3 Å². The smallest absolute Gasteiger partial charge is 0.246 e. The number of halogens is 2. The number of nitrogens with zero attached hydrogens (tertiary/aromatic N) is 1. The topological polar surface area (TPSA) is 54.5 Å². The number of rotatable bonds is 5. The van der Waals surface area contributed by atoms with Crippen molar-refractivity contribution in [3.63, 3.8) is 0 Å². The first-order valence-electron chi connectivity index (χ1n) is 7.82. The average molecular weight is 390 g/mol. The van der Waals surface area contributed by atoms with Crippen LogP contribution >= 0.6 is 23.2 Å². The number of benzene rings is 1. The molecule has 1 aliphatic heterocycles. The lowest BCUT2D eigenvalue weighted by Crippen LogP contribution is -2.42. The molecule has 1 fully saturated rings. The quantitative estimate of drug-likeness (QED) is 0.721. The fourth-order valence-electron chi connectivity index (χ4n) is 2.75. The van der Waals surface area contributed by atoms with Crippen LogP contribution in [0.3, 0.4) is 0 Å². The third kappa shape index (κ3) is 4.98. The van der Waals surface area contributed by atoms with E-state index in [9.17, 15) is 13.2 Å². The number of hydrogen-bond donors (Lipinski definition) is 0. The summed E-state index contributed by atoms with van der Waals surface area (Å²) in [5.41, 5.74) is 0.581. The first-order chi connectivity index (χ1) is 11.2. The Kier molecular flexibility index (Phi) is 6.34. The Hall–Kier alpha value is -1.04. The molecule has 7 heteroatoms. The third-order valence-corrected chi connectivity index (χ3v) is 6.30. The van der Waals surface area contributed by atoms with Gasteiger partial charge in [0.05, 0.1) is 11.5 Å². The second-order valence-corrected chi connectivity index (χ2v) is 9.45. The zero-order chi connectivity index (χ0) is 17.9. The van der Waals surface area contributed by atoms with Crippen molar-refractivity contribution in [1.29, 1.82) is 0 Å². The van der Waals surface area contributed by atoms with Gasteiger partial charge >= 0.3 is 0 Å². The minimum absolute atomic E-state index is 0.0339. The van der Waals surface area contributed by atoms with Crippen LogP contribution in [0.5, 0.6) is 0 Å². The maximum absolute atomic E-state index is 12.6. The normalized spacial score (nSPS) is 20.0. The molecule has 0 spiro atoms. The van der Waals surface area contributed by atoms with E-state index >= 15 is 0 Å². The molecule has 0 radical (unpaired) electrons. The molecule has 0 aliphatic carbocycles. The molecule has 0 saturated carbocycles. The largest absolute Gasteiger partial charge is 0.335 e. The summed E-state index contributed by atoms with van der Waals surface area (Å²) in [6.07, 6.45) is 3.49. The van der Waals surface area contributed by atoms with Crippen LogP contribution in [0.4, 0.5) is 0 Å². The highest BCUT2D eigenvalue weighted by molar-refractivity contribution is 7.91. The number of hydrogen-bond acceptors (Lipinski definition) is 3. The number of sulfone groups is 1. The Labute approximate surface area is 153 Å². The Morgan fingerprint density at radius 1 is 1.33 bits per heavy atom. The van der Waals surface area contributed by atoms with E-state index in [1.165, 1.54) is 6.08 Å². The monoisotopic (exact) mass is 389 g/mol. The second-order valence-electron chi connectivity index (χ2n) is 6.41. The first-order valence-corrected chi connectivity index (χ1v) is 10.4. The molecular weight excluding hydrogens is 369 g/mol. The lowest BCUT2D eigenvalue weighted by Gasteiger charge is -2.29. The minimum Gasteiger partial charge on any atom is -0.335 e. The summed E-state index contributed by atoms with van der Waals surface area (Å²) in [5.74, 6) is 0.197. The van der Waals surface area contributed by atoms with Crippen LogP contribution in [0.1, 0.15) is 25.8 Å². The highest BCUT2D eigenvalue weighted by Gasteiger charge is 2.34. The van der Waals surface area contributed by atoms with E-state index in [4.69, 9.17) is 23.2 Å². The van der Waals surface area contributed by atoms with Crippen molar-refractivity contribution in [3.05, 3.63) is 39.9 Å². The molecule has 132 valence electrons. The molecule has 1 aromatic rings. The third-order valence-electron chi connectivity index (χ3n) is 3.89. The van der Waals surface area contributed by atoms with Gasteiger partial charge in [-0.3, -0.25) is 4.79 Å². The number of carbonyl (C=O) groups excluding carboxylic acids is 1. The summed E-state index contributed by atoms with van der Waals surface area (Å²) >= 11 is 12.2. The molecule has 1 saturated heterocycles. The molecule has 0 N–H and O–H groups in total. The predicted molar refractivity (Wildman–Crippen MR) is 99.1 cm³/mol. The molecule has 4 nitrogen and oxygen atoms in total. The van der Waals surface area contributed by atoms with Gasteiger partial charge in [-0.25, -0.2) is 8.42 Å². The van der Waals surface area contributed by atoms with Gasteiger partial charge in [-0.05, 0) is 30.5 Å². The number of amides is 1. The van der Waals surface area contributed by atoms with Crippen LogP contribution in [0, 0.1) is 5.92 Å². The van der Waals surface area contributed by atoms with E-state index in [0.29, 0.717) is 28.6 Å². The van der Waals surface area contributed by atoms with Gasteiger partial charge in [0.25, 0.3) is 0 Å². The van der Waals surface area contributed by atoms with Crippen molar-refractivity contribution in [2.24, 2.45) is 5.92 Å². The van der Waals surface area contributed by atoms with Gasteiger partial charge in [0.15, 0.2) is 9.84 Å². The predicted octanol–water partition coefficient (Wildman–Crippen LogP) is 3.68. The van der Waals surface area contributed by atoms with Crippen molar-refractivity contribution >= 4 is 45.0 Å². The van der Waals surface area contributed by atoms with Crippen LogP contribution in [0.25, 0.3) is 6.08 Å². The SMILES string of the molecule is CC(C)CN(C(=O)C=Cc1c(Cl)cccc1Cl)C1CCS(=O)(=O)C1. The van der Waals surface area contributed by atoms with Gasteiger partial charge < -0.3 is 4.90 Å². The minimum atomic E-state index is -3.05. The summed E-state index contributed by atoms with van der Waals surface area (Å²) in [6, 6.07) is 4.87. The summed E-state index contributed by atoms with van der Waals surface area (Å²) < 4.78 is 23.5. The van der Waals surface area contributed by atoms with Crippen molar-refractivity contribution in [1.82, 2.24) is 4.90 Å². The van der Waals surface area contributed by atoms with E-state index in [1.54, 1.807) is 29.2 Å². The fourth-order valence-corrected chi connectivity index (χ4v) is 5.01. The lowest BCUT2D eigenvalue weighted by atomic mass is 10.1. The van der Waals surface area contributed by atoms with E-state index in [0.717, 1.165) is 0 Å². The first kappa shape index (κ1) is 19.3. The maximum Gasteiger partial charge on any atom is 0.246 e. The zero-order valence-corrected chi connectivity index (χ0v) is 16.0. The highest BCUT2D eigenvalue weighted by atomic mass is 35.5. The van der Waals surface area contributed by atoms with E-state index in [2.05, 4.69) is 0 Å². The molecule has 2 rings (SSSR count). The summed E-state index contributed by atoms with van der Waals surface area (Å²) in [4.78, 5) is 14.3. The Balaban J connectivity index is 2.20. The highest BCUT2D eigenvalue weighted by Crippen LogP contribution is 2.26. The van der Waals surface area contributed by atoms with Gasteiger partial charge in [0.1, 0.15) is 0 Å². The molecule has 24 heavy (non-hydrogen) atoms. The van der Waals surface area contributed by atoms with Crippen molar-refractivity contribution in [2.75, 3.05) is 18.1 Å². The molecular formula is C17H21Cl2NO3S. The van der Waals surface area contributed by atoms with Crippen LogP contribution < -0.4 is 0 Å². The summed E-state index contributed by atoms with van der Waals surface area (Å²) in [5, 5.41) is 0.927. The van der Waals surface area contributed by atoms with Crippen LogP contribution in [0.15, 0.2) is 24.3 Å². The van der Waals surface area contributed by atoms with Crippen LogP contribution in [-0.4, -0.2) is 43.3 Å². The molecule has 0 bridgehead atoms. The molecule has 1 heterocycles. The Morgan fingerprint density at radius 3 is 2.46 bits per heavy atom. The summed E-state index contributed by atoms with van der Waals surface area (Å²) in [6.45, 7) is 4.51. The Morgan fingerprint density at radius 2 is 1.96 bits per heavy atom. The molecule has 0 aromatic heterocycles. The maximum atomic E-state index is 12.6. The van der Waals surface area contributed by atoms with Crippen molar-refractivity contribution < 1.29 is 13.2 Å². The van der Waals surface area contributed by atoms with Gasteiger partial charge in [-0.2, -0.15) is 0 Å². The van der Waals surface area contributed by atoms with Crippen LogP contribution in [0.2, 0.25) is 10.0 Å². The molecule has 1 amide bonds. The Bertz CT molecular complexity index is 724. The molecule has 1 aromatic carbocycles. The average Bonchev–Trinajstić information content (AvgIpc) is 2.83. The zero-order valence-electron chi connectivity index (χ0n) is 13.7. The molecule has 1 aliphatic rings. The fraction of sp³-hybridized carbons (Fsp3) is 0.471. The van der Waals surface area contributed by atoms with E-state index in [1.807, 2.05) is 13.8 Å². The van der Waals surface area contributed by atoms with E-state index in [-0.39, 0.29) is 29.4 Å². The van der Waals surface area contributed by atoms with Gasteiger partial charge in [0.2, 0.25) is 5.91 Å². The molecule has 1 unspecified atom stereocenters. The second kappa shape index (κ2) is 7.89. The van der Waals surface area contributed by atoms with E-state index < -0.39 is 9.84 Å². The van der Waals surface area contributed by atoms with Crippen molar-refractivity contribution in [3.8, 4) is 0 Å². The van der Waals surface area contributed by atoms with Gasteiger partial charge in [0, 0.05) is 34.3 Å². The summed E-state index contributed by atoms with van der Waals surface area (Å²) in [7, 11) is -3.05.